The van der Waals surface area contributed by atoms with Gasteiger partial charge < -0.3 is 19.9 Å². The SMILES string of the molecule is COC(=O)c1sccc1NC(=O)C[NH+]1CCN(c2cccc(Cl)c2)CC1. The Kier molecular flexibility index (Phi) is 6.13. The molecule has 0 bridgehead atoms. The Bertz CT molecular complexity index is 787. The Hall–Kier alpha value is -2.09. The van der Waals surface area contributed by atoms with Crippen molar-refractivity contribution in [3.8, 4) is 0 Å². The molecule has 1 amide bonds. The lowest BCUT2D eigenvalue weighted by molar-refractivity contribution is -0.892. The van der Waals surface area contributed by atoms with Gasteiger partial charge in [0.1, 0.15) is 4.88 Å². The Balaban J connectivity index is 1.51. The van der Waals surface area contributed by atoms with Crippen LogP contribution >= 0.6 is 22.9 Å². The summed E-state index contributed by atoms with van der Waals surface area (Å²) in [5.74, 6) is -0.530. The molecule has 2 aromatic rings. The van der Waals surface area contributed by atoms with Gasteiger partial charge in [-0.15, -0.1) is 11.3 Å². The normalized spacial score (nSPS) is 14.9. The van der Waals surface area contributed by atoms with Gasteiger partial charge in [-0.1, -0.05) is 17.7 Å². The van der Waals surface area contributed by atoms with Gasteiger partial charge in [0.15, 0.2) is 6.54 Å². The van der Waals surface area contributed by atoms with Crippen LogP contribution in [0.5, 0.6) is 0 Å². The Labute approximate surface area is 161 Å². The zero-order valence-electron chi connectivity index (χ0n) is 14.5. The van der Waals surface area contributed by atoms with Crippen molar-refractivity contribution in [3.05, 3.63) is 45.6 Å². The number of ether oxygens (including phenoxy) is 1. The number of methoxy groups -OCH3 is 1. The molecule has 2 N–H and O–H groups in total. The first-order valence-corrected chi connectivity index (χ1v) is 9.62. The molecule has 1 fully saturated rings. The number of hydrogen-bond donors (Lipinski definition) is 2. The quantitative estimate of drug-likeness (QED) is 0.755. The van der Waals surface area contributed by atoms with E-state index in [2.05, 4.69) is 16.3 Å². The van der Waals surface area contributed by atoms with Crippen LogP contribution < -0.4 is 15.1 Å². The lowest BCUT2D eigenvalue weighted by Gasteiger charge is -2.33. The van der Waals surface area contributed by atoms with E-state index in [1.807, 2.05) is 18.2 Å². The maximum atomic E-state index is 12.3. The number of halogens is 1. The summed E-state index contributed by atoms with van der Waals surface area (Å²) >= 11 is 7.31. The number of nitrogens with zero attached hydrogens (tertiary/aromatic N) is 1. The molecule has 0 radical (unpaired) electrons. The van der Waals surface area contributed by atoms with Crippen LogP contribution in [0.2, 0.25) is 5.02 Å². The molecule has 138 valence electrons. The molecule has 1 aliphatic heterocycles. The van der Waals surface area contributed by atoms with E-state index in [1.54, 1.807) is 11.4 Å². The number of nitrogens with one attached hydrogen (secondary N) is 2. The van der Waals surface area contributed by atoms with Crippen LogP contribution in [-0.2, 0) is 9.53 Å². The lowest BCUT2D eigenvalue weighted by atomic mass is 10.2. The standard InChI is InChI=1S/C18H20ClN3O3S/c1-25-18(24)17-15(5-10-26-17)20-16(23)12-21-6-8-22(9-7-21)14-4-2-3-13(19)11-14/h2-5,10-11H,6-9,12H2,1H3,(H,20,23)/p+1. The number of piperazine rings is 1. The van der Waals surface area contributed by atoms with Crippen LogP contribution in [0.4, 0.5) is 11.4 Å². The molecule has 1 aromatic heterocycles. The van der Waals surface area contributed by atoms with Crippen LogP contribution in [0.15, 0.2) is 35.7 Å². The smallest absolute Gasteiger partial charge is 0.350 e. The molecular weight excluding hydrogens is 374 g/mol. The third-order valence-corrected chi connectivity index (χ3v) is 5.49. The summed E-state index contributed by atoms with van der Waals surface area (Å²) in [5, 5.41) is 5.31. The molecule has 1 aromatic carbocycles. The summed E-state index contributed by atoms with van der Waals surface area (Å²) < 4.78 is 4.73. The molecule has 1 saturated heterocycles. The molecule has 0 saturated carbocycles. The highest BCUT2D eigenvalue weighted by Crippen LogP contribution is 2.23. The van der Waals surface area contributed by atoms with E-state index >= 15 is 0 Å². The number of thiophene rings is 1. The number of hydrogen-bond acceptors (Lipinski definition) is 5. The Morgan fingerprint density at radius 2 is 2.08 bits per heavy atom. The summed E-state index contributed by atoms with van der Waals surface area (Å²) in [5.41, 5.74) is 1.63. The van der Waals surface area contributed by atoms with Gasteiger partial charge in [-0.05, 0) is 29.6 Å². The highest BCUT2D eigenvalue weighted by molar-refractivity contribution is 7.12. The van der Waals surface area contributed by atoms with Crippen molar-refractivity contribution in [1.82, 2.24) is 0 Å². The van der Waals surface area contributed by atoms with Crippen molar-refractivity contribution < 1.29 is 19.2 Å². The fourth-order valence-electron chi connectivity index (χ4n) is 3.01. The number of amides is 1. The molecule has 2 heterocycles. The molecule has 6 nitrogen and oxygen atoms in total. The number of carbonyl (C=O) groups excluding carboxylic acids is 2. The van der Waals surface area contributed by atoms with E-state index in [9.17, 15) is 9.59 Å². The number of esters is 1. The lowest BCUT2D eigenvalue weighted by Crippen LogP contribution is -3.15. The molecule has 1 aliphatic rings. The van der Waals surface area contributed by atoms with Gasteiger partial charge in [0.25, 0.3) is 5.91 Å². The minimum absolute atomic E-state index is 0.0974. The minimum atomic E-state index is -0.433. The second kappa shape index (κ2) is 8.53. The van der Waals surface area contributed by atoms with Crippen LogP contribution in [0.25, 0.3) is 0 Å². The third-order valence-electron chi connectivity index (χ3n) is 4.36. The molecular formula is C18H21ClN3O3S+. The second-order valence-electron chi connectivity index (χ2n) is 6.10. The molecule has 0 unspecified atom stereocenters. The highest BCUT2D eigenvalue weighted by Gasteiger charge is 2.23. The average Bonchev–Trinajstić information content (AvgIpc) is 3.09. The van der Waals surface area contributed by atoms with Crippen molar-refractivity contribution >= 4 is 46.2 Å². The molecule has 0 aliphatic carbocycles. The predicted octanol–water partition coefficient (Wildman–Crippen LogP) is 1.53. The molecule has 8 heteroatoms. The molecule has 0 atom stereocenters. The molecule has 3 rings (SSSR count). The third kappa shape index (κ3) is 4.55. The van der Waals surface area contributed by atoms with Gasteiger partial charge >= 0.3 is 5.97 Å². The predicted molar refractivity (Wildman–Crippen MR) is 104 cm³/mol. The van der Waals surface area contributed by atoms with Gasteiger partial charge in [0, 0.05) is 10.7 Å². The van der Waals surface area contributed by atoms with E-state index in [0.29, 0.717) is 17.1 Å². The molecule has 26 heavy (non-hydrogen) atoms. The van der Waals surface area contributed by atoms with Crippen molar-refractivity contribution in [2.24, 2.45) is 0 Å². The number of quaternary nitrogens is 1. The fourth-order valence-corrected chi connectivity index (χ4v) is 3.96. The van der Waals surface area contributed by atoms with Gasteiger partial charge in [-0.25, -0.2) is 4.79 Å². The maximum Gasteiger partial charge on any atom is 0.350 e. The van der Waals surface area contributed by atoms with E-state index < -0.39 is 5.97 Å². The summed E-state index contributed by atoms with van der Waals surface area (Å²) in [6.07, 6.45) is 0. The first-order valence-electron chi connectivity index (χ1n) is 8.36. The second-order valence-corrected chi connectivity index (χ2v) is 7.45. The number of anilines is 2. The van der Waals surface area contributed by atoms with Crippen molar-refractivity contribution in [3.63, 3.8) is 0 Å². The van der Waals surface area contributed by atoms with E-state index in [-0.39, 0.29) is 5.91 Å². The average molecular weight is 395 g/mol. The zero-order chi connectivity index (χ0) is 18.5. The van der Waals surface area contributed by atoms with Gasteiger partial charge in [0.2, 0.25) is 0 Å². The van der Waals surface area contributed by atoms with Crippen LogP contribution in [0, 0.1) is 0 Å². The minimum Gasteiger partial charge on any atom is -0.465 e. The van der Waals surface area contributed by atoms with Gasteiger partial charge in [-0.3, -0.25) is 4.79 Å². The Morgan fingerprint density at radius 3 is 2.77 bits per heavy atom. The van der Waals surface area contributed by atoms with E-state index in [0.717, 1.165) is 36.9 Å². The fraction of sp³-hybridized carbons (Fsp3) is 0.333. The van der Waals surface area contributed by atoms with Crippen molar-refractivity contribution in [2.75, 3.05) is 50.1 Å². The summed E-state index contributed by atoms with van der Waals surface area (Å²) in [7, 11) is 1.33. The highest BCUT2D eigenvalue weighted by atomic mass is 35.5. The number of rotatable bonds is 5. The number of benzene rings is 1. The zero-order valence-corrected chi connectivity index (χ0v) is 16.0. The topological polar surface area (TPSA) is 63.1 Å². The molecule has 0 spiro atoms. The summed E-state index contributed by atoms with van der Waals surface area (Å²) in [6, 6.07) is 9.55. The first kappa shape index (κ1) is 18.7. The number of carbonyl (C=O) groups is 2. The monoisotopic (exact) mass is 394 g/mol. The van der Waals surface area contributed by atoms with E-state index in [1.165, 1.54) is 23.3 Å². The maximum absolute atomic E-state index is 12.3. The van der Waals surface area contributed by atoms with Crippen molar-refractivity contribution in [1.29, 1.82) is 0 Å². The van der Waals surface area contributed by atoms with Gasteiger partial charge in [-0.2, -0.15) is 0 Å². The largest absolute Gasteiger partial charge is 0.465 e. The van der Waals surface area contributed by atoms with Crippen LogP contribution in [0.3, 0.4) is 0 Å². The summed E-state index contributed by atoms with van der Waals surface area (Å²) in [6.45, 7) is 3.85. The van der Waals surface area contributed by atoms with Crippen molar-refractivity contribution in [2.45, 2.75) is 0 Å². The summed E-state index contributed by atoms with van der Waals surface area (Å²) in [4.78, 5) is 27.9. The van der Waals surface area contributed by atoms with Gasteiger partial charge in [0.05, 0.1) is 39.0 Å². The Morgan fingerprint density at radius 1 is 1.31 bits per heavy atom. The first-order chi connectivity index (χ1) is 12.6. The van der Waals surface area contributed by atoms with E-state index in [4.69, 9.17) is 16.3 Å². The van der Waals surface area contributed by atoms with Crippen LogP contribution in [0.1, 0.15) is 9.67 Å². The van der Waals surface area contributed by atoms with Crippen LogP contribution in [-0.4, -0.2) is 51.7 Å².